The van der Waals surface area contributed by atoms with Crippen molar-refractivity contribution in [3.8, 4) is 0 Å². The summed E-state index contributed by atoms with van der Waals surface area (Å²) in [6.45, 7) is 7.08. The smallest absolute Gasteiger partial charge is 0.339 e. The first kappa shape index (κ1) is 14.5. The van der Waals surface area contributed by atoms with Crippen molar-refractivity contribution in [2.24, 2.45) is 16.7 Å². The molecular weight excluding hydrogens is 290 g/mol. The van der Waals surface area contributed by atoms with E-state index in [9.17, 15) is 9.90 Å². The Labute approximate surface area is 135 Å². The predicted octanol–water partition coefficient (Wildman–Crippen LogP) is 3.89. The molecule has 5 nitrogen and oxygen atoms in total. The lowest BCUT2D eigenvalue weighted by Crippen LogP contribution is -2.40. The molecule has 0 spiro atoms. The Morgan fingerprint density at radius 3 is 2.83 bits per heavy atom. The number of carboxylic acids is 1. The number of nitrogens with zero attached hydrogens (tertiary/aromatic N) is 1. The average Bonchev–Trinajstić information content (AvgIpc) is 3.10. The molecule has 0 amide bonds. The number of aromatic amines is 1. The van der Waals surface area contributed by atoms with Crippen molar-refractivity contribution in [3.05, 3.63) is 24.0 Å². The maximum absolute atomic E-state index is 11.6. The number of rotatable bonds is 3. The van der Waals surface area contributed by atoms with Crippen molar-refractivity contribution in [2.45, 2.75) is 46.1 Å². The van der Waals surface area contributed by atoms with E-state index in [-0.39, 0.29) is 11.0 Å². The minimum Gasteiger partial charge on any atom is -0.478 e. The van der Waals surface area contributed by atoms with Gasteiger partial charge >= 0.3 is 5.97 Å². The molecule has 2 aliphatic carbocycles. The zero-order valence-electron chi connectivity index (χ0n) is 13.8. The summed E-state index contributed by atoms with van der Waals surface area (Å²) in [5.74, 6) is -0.225. The highest BCUT2D eigenvalue weighted by atomic mass is 16.4. The average molecular weight is 313 g/mol. The van der Waals surface area contributed by atoms with E-state index in [1.54, 1.807) is 6.20 Å². The van der Waals surface area contributed by atoms with Gasteiger partial charge in [-0.3, -0.25) is 0 Å². The summed E-state index contributed by atoms with van der Waals surface area (Å²) in [5, 5.41) is 14.0. The summed E-state index contributed by atoms with van der Waals surface area (Å²) < 4.78 is 0. The van der Waals surface area contributed by atoms with Gasteiger partial charge in [-0.1, -0.05) is 20.8 Å². The summed E-state index contributed by atoms with van der Waals surface area (Å²) in [6.07, 6.45) is 6.84. The highest BCUT2D eigenvalue weighted by molar-refractivity contribution is 6.03. The topological polar surface area (TPSA) is 78.0 Å². The largest absolute Gasteiger partial charge is 0.478 e. The molecule has 3 N–H and O–H groups in total. The number of anilines is 1. The van der Waals surface area contributed by atoms with Crippen LogP contribution >= 0.6 is 0 Å². The maximum Gasteiger partial charge on any atom is 0.339 e. The normalized spacial score (nSPS) is 31.6. The third-order valence-electron chi connectivity index (χ3n) is 6.93. The zero-order valence-corrected chi connectivity index (χ0v) is 13.8. The number of carboxylic acid groups (broad SMARTS) is 1. The number of hydrogen-bond acceptors (Lipinski definition) is 3. The van der Waals surface area contributed by atoms with Gasteiger partial charge in [0.25, 0.3) is 0 Å². The molecule has 1 unspecified atom stereocenters. The van der Waals surface area contributed by atoms with Crippen LogP contribution < -0.4 is 5.32 Å². The Balaban J connectivity index is 1.78. The van der Waals surface area contributed by atoms with Crippen LogP contribution in [0.5, 0.6) is 0 Å². The summed E-state index contributed by atoms with van der Waals surface area (Å²) in [4.78, 5) is 18.9. The highest BCUT2D eigenvalue weighted by Gasteiger charge is 2.61. The van der Waals surface area contributed by atoms with Crippen LogP contribution in [-0.4, -0.2) is 27.1 Å². The maximum atomic E-state index is 11.6. The Bertz CT molecular complexity index is 795. The standard InChI is InChI=1S/C18H23N3O2/c1-17(2)10-4-6-18(17,3)13(8-10)21-14-11-5-7-19-15(11)20-9-12(14)16(22)23/h5,7,9-10,13H,4,6,8H2,1-3H3,(H,22,23)(H2,19,20,21)/t10-,13+,18?/m1/s1. The molecule has 2 aromatic heterocycles. The van der Waals surface area contributed by atoms with Crippen LogP contribution in [0.2, 0.25) is 0 Å². The number of pyridine rings is 1. The molecule has 5 heteroatoms. The fourth-order valence-electron chi connectivity index (χ4n) is 4.92. The van der Waals surface area contributed by atoms with E-state index in [1.165, 1.54) is 19.0 Å². The van der Waals surface area contributed by atoms with Gasteiger partial charge in [-0.15, -0.1) is 0 Å². The second-order valence-electron chi connectivity index (χ2n) is 7.90. The summed E-state index contributed by atoms with van der Waals surface area (Å²) >= 11 is 0. The predicted molar refractivity (Wildman–Crippen MR) is 89.7 cm³/mol. The molecule has 23 heavy (non-hydrogen) atoms. The van der Waals surface area contributed by atoms with Crippen LogP contribution in [0.4, 0.5) is 5.69 Å². The fourth-order valence-corrected chi connectivity index (χ4v) is 4.92. The number of hydrogen-bond donors (Lipinski definition) is 3. The molecule has 2 fully saturated rings. The minimum atomic E-state index is -0.935. The van der Waals surface area contributed by atoms with Gasteiger partial charge in [-0.25, -0.2) is 9.78 Å². The Morgan fingerprint density at radius 1 is 1.43 bits per heavy atom. The van der Waals surface area contributed by atoms with Crippen molar-refractivity contribution in [1.82, 2.24) is 9.97 Å². The first-order valence-electron chi connectivity index (χ1n) is 8.30. The molecule has 4 rings (SSSR count). The Morgan fingerprint density at radius 2 is 2.22 bits per heavy atom. The first-order valence-corrected chi connectivity index (χ1v) is 8.30. The molecule has 2 saturated carbocycles. The molecule has 122 valence electrons. The molecular formula is C18H23N3O2. The number of H-pyrrole nitrogens is 1. The molecule has 0 radical (unpaired) electrons. The fraction of sp³-hybridized carbons (Fsp3) is 0.556. The SMILES string of the molecule is CC1(C)[C@@H]2CCC1(C)[C@@H](Nc1c(C(=O)O)cnc3[nH]ccc13)C2. The van der Waals surface area contributed by atoms with E-state index in [4.69, 9.17) is 0 Å². The molecule has 2 aromatic rings. The lowest BCUT2D eigenvalue weighted by atomic mass is 9.69. The van der Waals surface area contributed by atoms with E-state index in [1.807, 2.05) is 6.07 Å². The Kier molecular flexibility index (Phi) is 2.84. The third-order valence-corrected chi connectivity index (χ3v) is 6.93. The van der Waals surface area contributed by atoms with Crippen LogP contribution in [-0.2, 0) is 0 Å². The van der Waals surface area contributed by atoms with E-state index < -0.39 is 5.97 Å². The van der Waals surface area contributed by atoms with Gasteiger partial charge < -0.3 is 15.4 Å². The number of carbonyl (C=O) groups is 1. The van der Waals surface area contributed by atoms with Crippen LogP contribution in [0.25, 0.3) is 11.0 Å². The van der Waals surface area contributed by atoms with Crippen LogP contribution in [0, 0.1) is 16.7 Å². The number of nitrogens with one attached hydrogen (secondary N) is 2. The molecule has 0 aromatic carbocycles. The van der Waals surface area contributed by atoms with Crippen molar-refractivity contribution in [3.63, 3.8) is 0 Å². The lowest BCUT2D eigenvalue weighted by Gasteiger charge is -2.40. The van der Waals surface area contributed by atoms with E-state index in [0.717, 1.165) is 17.5 Å². The van der Waals surface area contributed by atoms with Crippen LogP contribution in [0.3, 0.4) is 0 Å². The zero-order chi connectivity index (χ0) is 16.4. The first-order chi connectivity index (χ1) is 10.8. The lowest BCUT2D eigenvalue weighted by molar-refractivity contribution is 0.0697. The molecule has 2 bridgehead atoms. The van der Waals surface area contributed by atoms with Gasteiger partial charge in [0, 0.05) is 23.8 Å². The quantitative estimate of drug-likeness (QED) is 0.803. The van der Waals surface area contributed by atoms with Gasteiger partial charge in [0.05, 0.1) is 5.69 Å². The second-order valence-corrected chi connectivity index (χ2v) is 7.90. The summed E-state index contributed by atoms with van der Waals surface area (Å²) in [7, 11) is 0. The Hall–Kier alpha value is -2.04. The van der Waals surface area contributed by atoms with Gasteiger partial charge in [0.2, 0.25) is 0 Å². The summed E-state index contributed by atoms with van der Waals surface area (Å²) in [6, 6.07) is 2.20. The third kappa shape index (κ3) is 1.79. The molecule has 3 atom stereocenters. The molecule has 0 aliphatic heterocycles. The number of aromatic carboxylic acids is 1. The van der Waals surface area contributed by atoms with Crippen LogP contribution in [0.1, 0.15) is 50.4 Å². The molecule has 0 saturated heterocycles. The van der Waals surface area contributed by atoms with Crippen molar-refractivity contribution in [1.29, 1.82) is 0 Å². The second kappa shape index (κ2) is 4.49. The van der Waals surface area contributed by atoms with Gasteiger partial charge in [0.15, 0.2) is 0 Å². The van der Waals surface area contributed by atoms with E-state index >= 15 is 0 Å². The van der Waals surface area contributed by atoms with E-state index in [0.29, 0.717) is 23.1 Å². The van der Waals surface area contributed by atoms with Crippen molar-refractivity contribution >= 4 is 22.7 Å². The number of fused-ring (bicyclic) bond motifs is 3. The van der Waals surface area contributed by atoms with E-state index in [2.05, 4.69) is 36.1 Å². The van der Waals surface area contributed by atoms with Crippen molar-refractivity contribution < 1.29 is 9.90 Å². The van der Waals surface area contributed by atoms with Gasteiger partial charge in [-0.05, 0) is 42.1 Å². The number of aromatic nitrogens is 2. The van der Waals surface area contributed by atoms with Gasteiger partial charge in [0.1, 0.15) is 11.2 Å². The summed E-state index contributed by atoms with van der Waals surface area (Å²) in [5.41, 5.74) is 2.17. The molecule has 2 aliphatic rings. The molecule has 2 heterocycles. The minimum absolute atomic E-state index is 0.194. The van der Waals surface area contributed by atoms with Gasteiger partial charge in [-0.2, -0.15) is 0 Å². The van der Waals surface area contributed by atoms with Crippen molar-refractivity contribution in [2.75, 3.05) is 5.32 Å². The monoisotopic (exact) mass is 313 g/mol. The van der Waals surface area contributed by atoms with Crippen LogP contribution in [0.15, 0.2) is 18.5 Å². The highest BCUT2D eigenvalue weighted by Crippen LogP contribution is 2.66.